The second-order valence-corrected chi connectivity index (χ2v) is 10.8. The Morgan fingerprint density at radius 1 is 1.21 bits per heavy atom. The molecule has 1 heterocycles. The van der Waals surface area contributed by atoms with Crippen LogP contribution in [0.4, 0.5) is 0 Å². The van der Waals surface area contributed by atoms with Gasteiger partial charge in [-0.05, 0) is 37.5 Å². The predicted molar refractivity (Wildman–Crippen MR) is 124 cm³/mol. The van der Waals surface area contributed by atoms with Crippen molar-refractivity contribution in [3.63, 3.8) is 0 Å². The molecule has 2 bridgehead atoms. The number of fused-ring (bicyclic) bond motifs is 2. The number of rotatable bonds is 8. The van der Waals surface area contributed by atoms with Gasteiger partial charge in [0.2, 0.25) is 16.1 Å². The third kappa shape index (κ3) is 4.33. The van der Waals surface area contributed by atoms with Crippen LogP contribution in [0.1, 0.15) is 63.0 Å². The van der Waals surface area contributed by atoms with E-state index >= 15 is 0 Å². The van der Waals surface area contributed by atoms with Gasteiger partial charge in [-0.2, -0.15) is 0 Å². The Morgan fingerprint density at radius 3 is 2.45 bits per heavy atom. The van der Waals surface area contributed by atoms with E-state index in [-0.39, 0.29) is 31.5 Å². The maximum Gasteiger partial charge on any atom is 0.343 e. The highest BCUT2D eigenvalue weighted by Crippen LogP contribution is 2.67. The summed E-state index contributed by atoms with van der Waals surface area (Å²) in [5.74, 6) is -1.34. The topological polar surface area (TPSA) is 96.6 Å². The zero-order valence-electron chi connectivity index (χ0n) is 19.3. The average Bonchev–Trinajstić information content (AvgIpc) is 3.33. The van der Waals surface area contributed by atoms with Gasteiger partial charge in [-0.25, -0.2) is 18.7 Å². The van der Waals surface area contributed by atoms with Crippen molar-refractivity contribution in [1.82, 2.24) is 9.13 Å². The molecule has 0 N–H and O–H groups in total. The molecule has 2 aliphatic carbocycles. The molecule has 3 rings (SSSR count). The van der Waals surface area contributed by atoms with Crippen molar-refractivity contribution >= 4 is 41.0 Å². The summed E-state index contributed by atoms with van der Waals surface area (Å²) in [6.07, 6.45) is 7.80. The molecule has 0 unspecified atom stereocenters. The smallest absolute Gasteiger partial charge is 0.343 e. The normalized spacial score (nSPS) is 26.1. The third-order valence-electron chi connectivity index (χ3n) is 7.37. The van der Waals surface area contributed by atoms with Gasteiger partial charge in [0, 0.05) is 25.7 Å². The summed E-state index contributed by atoms with van der Waals surface area (Å²) in [7, 11) is 0. The van der Waals surface area contributed by atoms with Gasteiger partial charge in [0.1, 0.15) is 6.61 Å². The summed E-state index contributed by atoms with van der Waals surface area (Å²) in [5.41, 5.74) is -2.01. The summed E-state index contributed by atoms with van der Waals surface area (Å²) in [5, 5.41) is 0. The van der Waals surface area contributed by atoms with Crippen molar-refractivity contribution in [1.29, 1.82) is 0 Å². The third-order valence-corrected chi connectivity index (χ3v) is 7.98. The monoisotopic (exact) mass is 500 g/mol. The SMILES string of the molecule is C/C=C/CC(Cl)(Cl)C(=O)OCCO[C@H]1C[C@@H]2CC[C@@]1(C(=O)n1ccn(C(C)=O)c1=O)C2(C)C. The van der Waals surface area contributed by atoms with E-state index in [1.54, 1.807) is 19.1 Å². The number of hydrogen-bond acceptors (Lipinski definition) is 6. The van der Waals surface area contributed by atoms with Gasteiger partial charge < -0.3 is 9.47 Å². The molecule has 10 heteroatoms. The number of aromatic nitrogens is 2. The van der Waals surface area contributed by atoms with E-state index in [0.29, 0.717) is 12.8 Å². The van der Waals surface area contributed by atoms with Crippen LogP contribution in [0, 0.1) is 16.7 Å². The maximum atomic E-state index is 13.7. The van der Waals surface area contributed by atoms with Crippen LogP contribution in [0.25, 0.3) is 0 Å². The molecule has 0 aliphatic heterocycles. The first-order valence-corrected chi connectivity index (χ1v) is 11.8. The highest BCUT2D eigenvalue weighted by molar-refractivity contribution is 6.57. The number of ether oxygens (including phenoxy) is 2. The number of nitrogens with zero attached hydrogens (tertiary/aromatic N) is 2. The van der Waals surface area contributed by atoms with E-state index in [2.05, 4.69) is 0 Å². The molecule has 1 aromatic rings. The second kappa shape index (κ2) is 9.39. The fraction of sp³-hybridized carbons (Fsp3) is 0.652. The first-order valence-electron chi connectivity index (χ1n) is 11.0. The molecule has 0 spiro atoms. The summed E-state index contributed by atoms with van der Waals surface area (Å²) < 4.78 is 11.5. The predicted octanol–water partition coefficient (Wildman–Crippen LogP) is 3.84. The van der Waals surface area contributed by atoms with Crippen molar-refractivity contribution in [2.45, 2.75) is 63.8 Å². The largest absolute Gasteiger partial charge is 0.461 e. The highest BCUT2D eigenvalue weighted by Gasteiger charge is 2.69. The molecule has 2 aliphatic rings. The molecule has 0 saturated heterocycles. The van der Waals surface area contributed by atoms with Gasteiger partial charge >= 0.3 is 11.7 Å². The summed E-state index contributed by atoms with van der Waals surface area (Å²) >= 11 is 12.1. The van der Waals surface area contributed by atoms with Gasteiger partial charge in [-0.3, -0.25) is 9.59 Å². The Morgan fingerprint density at radius 2 is 1.88 bits per heavy atom. The fourth-order valence-corrected chi connectivity index (χ4v) is 5.68. The molecule has 1 aromatic heterocycles. The molecule has 33 heavy (non-hydrogen) atoms. The van der Waals surface area contributed by atoms with Crippen molar-refractivity contribution in [2.24, 2.45) is 16.7 Å². The number of esters is 1. The van der Waals surface area contributed by atoms with E-state index in [1.807, 2.05) is 13.8 Å². The Hall–Kier alpha value is -1.90. The van der Waals surface area contributed by atoms with Gasteiger partial charge in [0.25, 0.3) is 0 Å². The zero-order valence-corrected chi connectivity index (χ0v) is 20.8. The lowest BCUT2D eigenvalue weighted by Gasteiger charge is -2.40. The van der Waals surface area contributed by atoms with Crippen molar-refractivity contribution in [3.05, 3.63) is 35.0 Å². The lowest BCUT2D eigenvalue weighted by atomic mass is 9.67. The van der Waals surface area contributed by atoms with Gasteiger partial charge in [0.05, 0.1) is 18.1 Å². The molecule has 0 amide bonds. The number of carbonyl (C=O) groups excluding carboxylic acids is 3. The Labute approximate surface area is 202 Å². The van der Waals surface area contributed by atoms with Gasteiger partial charge in [0.15, 0.2) is 0 Å². The Bertz CT molecular complexity index is 1020. The molecular weight excluding hydrogens is 471 g/mol. The molecule has 182 valence electrons. The lowest BCUT2D eigenvalue weighted by Crippen LogP contribution is -2.51. The number of halogens is 2. The van der Waals surface area contributed by atoms with Gasteiger partial charge in [-0.15, -0.1) is 0 Å². The first kappa shape index (κ1) is 25.7. The first-order chi connectivity index (χ1) is 15.4. The minimum atomic E-state index is -1.68. The van der Waals surface area contributed by atoms with Crippen LogP contribution in [0.2, 0.25) is 0 Å². The standard InChI is InChI=1S/C23H30Cl2N2O6/c1-5-6-8-23(24,25)19(30)33-13-12-32-17-14-16-7-9-22(17,21(16,3)4)18(29)27-11-10-26(15(2)28)20(27)31/h5-6,10-11,16-17H,7-9,12-14H2,1-4H3/b6-5+/t16-,17-,22+/m0/s1. The number of allylic oxidation sites excluding steroid dienone is 2. The van der Waals surface area contributed by atoms with Crippen LogP contribution >= 0.6 is 23.2 Å². The molecule has 8 nitrogen and oxygen atoms in total. The van der Waals surface area contributed by atoms with Crippen LogP contribution in [0.3, 0.4) is 0 Å². The summed E-state index contributed by atoms with van der Waals surface area (Å²) in [6, 6.07) is 0. The van der Waals surface area contributed by atoms with Crippen molar-refractivity contribution < 1.29 is 23.9 Å². The Balaban J connectivity index is 1.73. The minimum absolute atomic E-state index is 0.0606. The van der Waals surface area contributed by atoms with Crippen LogP contribution in [-0.4, -0.2) is 50.6 Å². The number of hydrogen-bond donors (Lipinski definition) is 0. The van der Waals surface area contributed by atoms with E-state index in [1.165, 1.54) is 19.3 Å². The minimum Gasteiger partial charge on any atom is -0.461 e. The molecule has 0 aromatic carbocycles. The molecule has 3 atom stereocenters. The number of alkyl halides is 2. The highest BCUT2D eigenvalue weighted by atomic mass is 35.5. The van der Waals surface area contributed by atoms with E-state index in [0.717, 1.165) is 15.6 Å². The maximum absolute atomic E-state index is 13.7. The summed E-state index contributed by atoms with van der Waals surface area (Å²) in [4.78, 5) is 50.2. The van der Waals surface area contributed by atoms with Crippen LogP contribution < -0.4 is 5.69 Å². The molecule has 2 fully saturated rings. The Kier molecular flexibility index (Phi) is 7.32. The van der Waals surface area contributed by atoms with Crippen molar-refractivity contribution in [2.75, 3.05) is 13.2 Å². The number of imidazole rings is 1. The van der Waals surface area contributed by atoms with Gasteiger partial charge in [-0.1, -0.05) is 49.2 Å². The van der Waals surface area contributed by atoms with Crippen LogP contribution in [-0.2, 0) is 14.3 Å². The average molecular weight is 501 g/mol. The van der Waals surface area contributed by atoms with Crippen molar-refractivity contribution in [3.8, 4) is 0 Å². The summed E-state index contributed by atoms with van der Waals surface area (Å²) in [6.45, 7) is 7.10. The van der Waals surface area contributed by atoms with Crippen LogP contribution in [0.15, 0.2) is 29.3 Å². The second-order valence-electron chi connectivity index (χ2n) is 9.28. The molecule has 0 radical (unpaired) electrons. The molecule has 2 saturated carbocycles. The van der Waals surface area contributed by atoms with Crippen LogP contribution in [0.5, 0.6) is 0 Å². The zero-order chi connectivity index (χ0) is 24.6. The quantitative estimate of drug-likeness (QED) is 0.232. The molecular formula is C23H30Cl2N2O6. The fourth-order valence-electron chi connectivity index (χ4n) is 5.39. The van der Waals surface area contributed by atoms with E-state index < -0.39 is 38.8 Å². The number of carbonyl (C=O) groups is 3. The van der Waals surface area contributed by atoms with E-state index in [9.17, 15) is 19.2 Å². The lowest BCUT2D eigenvalue weighted by molar-refractivity contribution is -0.147. The van der Waals surface area contributed by atoms with E-state index in [4.69, 9.17) is 32.7 Å².